The number of ether oxygens (including phenoxy) is 1. The summed E-state index contributed by atoms with van der Waals surface area (Å²) in [6.45, 7) is 3.14. The summed E-state index contributed by atoms with van der Waals surface area (Å²) in [5.74, 6) is -1.76. The van der Waals surface area contributed by atoms with Gasteiger partial charge in [0.05, 0.1) is 17.8 Å². The van der Waals surface area contributed by atoms with Crippen molar-refractivity contribution in [1.29, 1.82) is 0 Å². The molecule has 5 rings (SSSR count). The zero-order valence-corrected chi connectivity index (χ0v) is 16.4. The number of anilines is 1. The summed E-state index contributed by atoms with van der Waals surface area (Å²) in [7, 11) is 2.06. The highest BCUT2D eigenvalue weighted by Gasteiger charge is 2.34. The fraction of sp³-hybridized carbons (Fsp3) is 0.524. The van der Waals surface area contributed by atoms with Gasteiger partial charge in [-0.1, -0.05) is 0 Å². The zero-order chi connectivity index (χ0) is 20.3. The number of carboxylic acids is 1. The molecule has 1 saturated carbocycles. The van der Waals surface area contributed by atoms with Gasteiger partial charge in [-0.2, -0.15) is 0 Å². The van der Waals surface area contributed by atoms with E-state index in [2.05, 4.69) is 16.8 Å². The van der Waals surface area contributed by atoms with Crippen LogP contribution in [0.5, 0.6) is 0 Å². The molecule has 2 aliphatic heterocycles. The molecule has 0 radical (unpaired) electrons. The van der Waals surface area contributed by atoms with Crippen LogP contribution in [0.2, 0.25) is 0 Å². The first kappa shape index (κ1) is 18.6. The molecule has 1 aliphatic carbocycles. The number of benzene rings is 1. The van der Waals surface area contributed by atoms with E-state index in [0.29, 0.717) is 29.9 Å². The first-order chi connectivity index (χ1) is 14.0. The van der Waals surface area contributed by atoms with Crippen LogP contribution in [0.3, 0.4) is 0 Å². The number of piperazine rings is 1. The Hall–Kier alpha value is -2.45. The van der Waals surface area contributed by atoms with Crippen LogP contribution in [0.25, 0.3) is 10.9 Å². The molecule has 0 spiro atoms. The van der Waals surface area contributed by atoms with E-state index in [9.17, 15) is 14.7 Å². The van der Waals surface area contributed by atoms with Gasteiger partial charge in [-0.05, 0) is 32.4 Å². The summed E-state index contributed by atoms with van der Waals surface area (Å²) in [5, 5.41) is 9.60. The number of aromatic nitrogens is 1. The van der Waals surface area contributed by atoms with Crippen molar-refractivity contribution in [3.05, 3.63) is 39.4 Å². The Labute approximate surface area is 167 Å². The lowest BCUT2D eigenvalue weighted by Gasteiger charge is -2.43. The summed E-state index contributed by atoms with van der Waals surface area (Å²) in [5.41, 5.74) is 0.844. The van der Waals surface area contributed by atoms with Crippen molar-refractivity contribution < 1.29 is 19.0 Å². The van der Waals surface area contributed by atoms with Crippen LogP contribution in [0.4, 0.5) is 10.1 Å². The summed E-state index contributed by atoms with van der Waals surface area (Å²) >= 11 is 0. The average molecular weight is 401 g/mol. The lowest BCUT2D eigenvalue weighted by Crippen LogP contribution is -2.53. The molecule has 0 amide bonds. The lowest BCUT2D eigenvalue weighted by atomic mass is 9.99. The molecule has 154 valence electrons. The van der Waals surface area contributed by atoms with E-state index in [1.807, 2.05) is 4.57 Å². The van der Waals surface area contributed by atoms with Crippen molar-refractivity contribution >= 4 is 22.6 Å². The summed E-state index contributed by atoms with van der Waals surface area (Å²) in [4.78, 5) is 28.8. The monoisotopic (exact) mass is 401 g/mol. The van der Waals surface area contributed by atoms with Crippen LogP contribution in [-0.4, -0.2) is 59.9 Å². The van der Waals surface area contributed by atoms with E-state index < -0.39 is 17.2 Å². The molecule has 2 fully saturated rings. The van der Waals surface area contributed by atoms with Gasteiger partial charge in [0.2, 0.25) is 5.43 Å². The minimum absolute atomic E-state index is 0.128. The molecule has 1 atom stereocenters. The quantitative estimate of drug-likeness (QED) is 0.832. The average Bonchev–Trinajstić information content (AvgIpc) is 3.49. The molecule has 3 aliphatic rings. The number of pyridine rings is 1. The second-order valence-electron chi connectivity index (χ2n) is 8.35. The van der Waals surface area contributed by atoms with Gasteiger partial charge in [0.1, 0.15) is 11.4 Å². The first-order valence-corrected chi connectivity index (χ1v) is 10.1. The van der Waals surface area contributed by atoms with E-state index in [4.69, 9.17) is 4.74 Å². The van der Waals surface area contributed by atoms with Crippen molar-refractivity contribution in [3.8, 4) is 0 Å². The smallest absolute Gasteiger partial charge is 0.341 e. The second kappa shape index (κ2) is 6.81. The topological polar surface area (TPSA) is 75.0 Å². The Bertz CT molecular complexity index is 1060. The van der Waals surface area contributed by atoms with Crippen LogP contribution < -0.4 is 10.3 Å². The van der Waals surface area contributed by atoms with Gasteiger partial charge in [-0.25, -0.2) is 9.18 Å². The number of carboxylic acid groups (broad SMARTS) is 1. The number of hydrogen-bond acceptors (Lipinski definition) is 5. The zero-order valence-electron chi connectivity index (χ0n) is 16.4. The molecule has 2 aromatic rings. The van der Waals surface area contributed by atoms with Gasteiger partial charge < -0.3 is 24.2 Å². The molecule has 1 N–H and O–H groups in total. The third kappa shape index (κ3) is 3.02. The fourth-order valence-electron chi connectivity index (χ4n) is 4.74. The highest BCUT2D eigenvalue weighted by atomic mass is 19.1. The molecule has 29 heavy (non-hydrogen) atoms. The number of nitrogens with zero attached hydrogens (tertiary/aromatic N) is 3. The number of fused-ring (bicyclic) bond motifs is 5. The highest BCUT2D eigenvalue weighted by molar-refractivity contribution is 5.95. The molecule has 1 aromatic heterocycles. The lowest BCUT2D eigenvalue weighted by molar-refractivity contribution is 0.0695. The molecule has 3 heterocycles. The standard InChI is InChI=1S/C21H24FN3O4/c1-23-5-6-24-13(9-23)4-7-29-11-16-18-14(8-17(22)19(16)24)20(26)15(21(27)28)10-25(18)12-2-3-12/h8,10,12-13H,2-7,9,11H2,1H3,(H,27,28). The second-order valence-corrected chi connectivity index (χ2v) is 8.35. The molecule has 1 aromatic carbocycles. The molecule has 1 unspecified atom stereocenters. The number of hydrogen-bond donors (Lipinski definition) is 1. The summed E-state index contributed by atoms with van der Waals surface area (Å²) in [6, 6.07) is 1.51. The van der Waals surface area contributed by atoms with Crippen molar-refractivity contribution in [1.82, 2.24) is 9.47 Å². The van der Waals surface area contributed by atoms with E-state index in [0.717, 1.165) is 32.4 Å². The van der Waals surface area contributed by atoms with Crippen LogP contribution in [0.15, 0.2) is 17.1 Å². The van der Waals surface area contributed by atoms with Gasteiger partial charge >= 0.3 is 5.97 Å². The predicted molar refractivity (Wildman–Crippen MR) is 106 cm³/mol. The fourth-order valence-corrected chi connectivity index (χ4v) is 4.74. The third-order valence-corrected chi connectivity index (χ3v) is 6.33. The van der Waals surface area contributed by atoms with Crippen LogP contribution in [-0.2, 0) is 11.3 Å². The normalized spacial score (nSPS) is 22.7. The maximum Gasteiger partial charge on any atom is 0.341 e. The summed E-state index contributed by atoms with van der Waals surface area (Å²) in [6.07, 6.45) is 4.08. The molecule has 0 bridgehead atoms. The van der Waals surface area contributed by atoms with Gasteiger partial charge in [0, 0.05) is 55.5 Å². The Morgan fingerprint density at radius 3 is 2.76 bits per heavy atom. The third-order valence-electron chi connectivity index (χ3n) is 6.33. The Morgan fingerprint density at radius 2 is 2.03 bits per heavy atom. The van der Waals surface area contributed by atoms with E-state index >= 15 is 4.39 Å². The maximum atomic E-state index is 15.4. The van der Waals surface area contributed by atoms with Gasteiger partial charge in [-0.3, -0.25) is 4.79 Å². The van der Waals surface area contributed by atoms with Gasteiger partial charge in [-0.15, -0.1) is 0 Å². The number of likely N-dealkylation sites (N-methyl/N-ethyl adjacent to an activating group) is 1. The SMILES string of the molecule is CN1CCN2c3c(F)cc4c(=O)c(C(=O)O)cn(C5CC5)c4c3COCCC2C1. The van der Waals surface area contributed by atoms with Crippen molar-refractivity contribution in [2.24, 2.45) is 0 Å². The first-order valence-electron chi connectivity index (χ1n) is 10.1. The molecular weight excluding hydrogens is 377 g/mol. The maximum absolute atomic E-state index is 15.4. The molecule has 7 nitrogen and oxygen atoms in total. The number of aromatic carboxylic acids is 1. The van der Waals surface area contributed by atoms with Crippen molar-refractivity contribution in [2.75, 3.05) is 38.2 Å². The minimum atomic E-state index is -1.28. The summed E-state index contributed by atoms with van der Waals surface area (Å²) < 4.78 is 23.2. The molecule has 1 saturated heterocycles. The Kier molecular flexibility index (Phi) is 4.36. The van der Waals surface area contributed by atoms with Crippen LogP contribution in [0.1, 0.15) is 41.2 Å². The van der Waals surface area contributed by atoms with E-state index in [1.54, 1.807) is 0 Å². The van der Waals surface area contributed by atoms with E-state index in [1.165, 1.54) is 12.3 Å². The number of rotatable bonds is 2. The van der Waals surface area contributed by atoms with E-state index in [-0.39, 0.29) is 29.6 Å². The Morgan fingerprint density at radius 1 is 1.24 bits per heavy atom. The van der Waals surface area contributed by atoms with Crippen LogP contribution in [0, 0.1) is 5.82 Å². The van der Waals surface area contributed by atoms with Crippen molar-refractivity contribution in [3.63, 3.8) is 0 Å². The number of halogens is 1. The predicted octanol–water partition coefficient (Wildman–Crippen LogP) is 2.21. The Balaban J connectivity index is 1.81. The van der Waals surface area contributed by atoms with Gasteiger partial charge in [0.25, 0.3) is 0 Å². The van der Waals surface area contributed by atoms with Gasteiger partial charge in [0.15, 0.2) is 0 Å². The van der Waals surface area contributed by atoms with Crippen LogP contribution >= 0.6 is 0 Å². The van der Waals surface area contributed by atoms with Crippen molar-refractivity contribution in [2.45, 2.75) is 38.0 Å². The highest BCUT2D eigenvalue weighted by Crippen LogP contribution is 2.41. The minimum Gasteiger partial charge on any atom is -0.477 e. The number of carbonyl (C=O) groups is 1. The molecule has 8 heteroatoms. The largest absolute Gasteiger partial charge is 0.477 e. The molecular formula is C21H24FN3O4.